The molecule has 1 heterocycles. The van der Waals surface area contributed by atoms with E-state index in [0.717, 1.165) is 25.7 Å². The number of carboxylic acid groups (broad SMARTS) is 1. The molecule has 1 aliphatic carbocycles. The highest BCUT2D eigenvalue weighted by Crippen LogP contribution is 2.43. The second-order valence-corrected chi connectivity index (χ2v) is 5.94. The molecule has 1 aliphatic rings. The smallest absolute Gasteiger partial charge is 0.307 e. The van der Waals surface area contributed by atoms with Crippen LogP contribution in [-0.2, 0) is 11.2 Å². The minimum atomic E-state index is -0.746. The average Bonchev–Trinajstić information content (AvgIpc) is 2.93. The van der Waals surface area contributed by atoms with E-state index in [1.807, 2.05) is 0 Å². The molecule has 0 amide bonds. The molecule has 1 fully saturated rings. The third kappa shape index (κ3) is 3.14. The summed E-state index contributed by atoms with van der Waals surface area (Å²) in [5.74, 6) is 0.880. The van der Waals surface area contributed by atoms with Crippen LogP contribution >= 0.6 is 0 Å². The topological polar surface area (TPSA) is 76.2 Å². The first kappa shape index (κ1) is 14.0. The van der Waals surface area contributed by atoms with E-state index < -0.39 is 5.97 Å². The van der Waals surface area contributed by atoms with Crippen molar-refractivity contribution in [3.8, 4) is 0 Å². The molecule has 0 bridgehead atoms. The molecule has 0 aliphatic heterocycles. The minimum absolute atomic E-state index is 0.115. The number of carbonyl (C=O) groups is 1. The zero-order chi connectivity index (χ0) is 14.0. The van der Waals surface area contributed by atoms with Gasteiger partial charge in [-0.15, -0.1) is 0 Å². The molecule has 1 aromatic heterocycles. The van der Waals surface area contributed by atoms with Gasteiger partial charge in [-0.2, -0.15) is 4.98 Å². The van der Waals surface area contributed by atoms with Crippen LogP contribution in [0, 0.1) is 17.8 Å². The van der Waals surface area contributed by atoms with Crippen molar-refractivity contribution < 1.29 is 14.4 Å². The van der Waals surface area contributed by atoms with Gasteiger partial charge in [0, 0.05) is 6.42 Å². The van der Waals surface area contributed by atoms with E-state index in [1.165, 1.54) is 0 Å². The highest BCUT2D eigenvalue weighted by Gasteiger charge is 2.41. The molecule has 106 valence electrons. The summed E-state index contributed by atoms with van der Waals surface area (Å²) < 4.78 is 5.30. The summed E-state index contributed by atoms with van der Waals surface area (Å²) in [6, 6.07) is 0. The van der Waals surface area contributed by atoms with Crippen LogP contribution in [0.25, 0.3) is 0 Å². The molecule has 5 heteroatoms. The number of aliphatic carboxylic acids is 1. The van der Waals surface area contributed by atoms with Crippen molar-refractivity contribution in [3.63, 3.8) is 0 Å². The van der Waals surface area contributed by atoms with Crippen molar-refractivity contribution in [1.82, 2.24) is 10.1 Å². The van der Waals surface area contributed by atoms with Gasteiger partial charge in [-0.3, -0.25) is 4.79 Å². The first-order valence-electron chi connectivity index (χ1n) is 7.06. The van der Waals surface area contributed by atoms with Gasteiger partial charge < -0.3 is 9.63 Å². The van der Waals surface area contributed by atoms with Crippen LogP contribution in [-0.4, -0.2) is 21.2 Å². The maximum Gasteiger partial charge on any atom is 0.307 e. The molecule has 0 radical (unpaired) electrons. The molecule has 0 spiro atoms. The van der Waals surface area contributed by atoms with E-state index in [9.17, 15) is 9.90 Å². The summed E-state index contributed by atoms with van der Waals surface area (Å²) in [4.78, 5) is 15.7. The molecule has 1 N–H and O–H groups in total. The summed E-state index contributed by atoms with van der Waals surface area (Å²) >= 11 is 0. The number of carboxylic acids is 1. The Morgan fingerprint density at radius 2 is 2.21 bits per heavy atom. The average molecular weight is 266 g/mol. The van der Waals surface area contributed by atoms with Crippen molar-refractivity contribution in [2.45, 2.75) is 52.4 Å². The van der Waals surface area contributed by atoms with Crippen molar-refractivity contribution in [2.24, 2.45) is 17.8 Å². The molecule has 0 aromatic carbocycles. The number of hydrogen-bond donors (Lipinski definition) is 1. The highest BCUT2D eigenvalue weighted by molar-refractivity contribution is 5.71. The maximum absolute atomic E-state index is 11.3. The van der Waals surface area contributed by atoms with E-state index >= 15 is 0 Å². The van der Waals surface area contributed by atoms with Gasteiger partial charge in [-0.05, 0) is 24.7 Å². The summed E-state index contributed by atoms with van der Waals surface area (Å²) in [7, 11) is 0. The van der Waals surface area contributed by atoms with E-state index in [-0.39, 0.29) is 11.8 Å². The predicted molar refractivity (Wildman–Crippen MR) is 69.7 cm³/mol. The zero-order valence-electron chi connectivity index (χ0n) is 11.8. The van der Waals surface area contributed by atoms with Crippen LogP contribution < -0.4 is 0 Å². The van der Waals surface area contributed by atoms with Crippen molar-refractivity contribution >= 4 is 5.97 Å². The summed E-state index contributed by atoms with van der Waals surface area (Å²) in [5, 5.41) is 13.3. The molecular weight excluding hydrogens is 244 g/mol. The summed E-state index contributed by atoms with van der Waals surface area (Å²) in [6.45, 7) is 6.29. The minimum Gasteiger partial charge on any atom is -0.481 e. The van der Waals surface area contributed by atoms with Gasteiger partial charge in [0.25, 0.3) is 0 Å². The molecule has 19 heavy (non-hydrogen) atoms. The van der Waals surface area contributed by atoms with E-state index in [4.69, 9.17) is 4.52 Å². The lowest BCUT2D eigenvalue weighted by atomic mass is 9.96. The van der Waals surface area contributed by atoms with Crippen LogP contribution in [0.1, 0.15) is 57.7 Å². The Morgan fingerprint density at radius 1 is 1.47 bits per heavy atom. The number of nitrogens with zero attached hydrogens (tertiary/aromatic N) is 2. The Bertz CT molecular complexity index is 442. The molecule has 0 saturated heterocycles. The van der Waals surface area contributed by atoms with Crippen LogP contribution in [0.2, 0.25) is 0 Å². The predicted octanol–water partition coefficient (Wildman–Crippen LogP) is 2.87. The van der Waals surface area contributed by atoms with Gasteiger partial charge in [0.2, 0.25) is 5.89 Å². The van der Waals surface area contributed by atoms with Crippen molar-refractivity contribution in [2.75, 3.05) is 0 Å². The molecule has 3 atom stereocenters. The lowest BCUT2D eigenvalue weighted by Crippen LogP contribution is -2.17. The van der Waals surface area contributed by atoms with Gasteiger partial charge in [-0.25, -0.2) is 0 Å². The van der Waals surface area contributed by atoms with Gasteiger partial charge in [-0.1, -0.05) is 32.3 Å². The molecule has 5 nitrogen and oxygen atoms in total. The van der Waals surface area contributed by atoms with Gasteiger partial charge in [0.1, 0.15) is 0 Å². The highest BCUT2D eigenvalue weighted by atomic mass is 16.5. The third-order valence-electron chi connectivity index (χ3n) is 3.95. The lowest BCUT2D eigenvalue weighted by molar-refractivity contribution is -0.142. The SMILES string of the molecule is CCC1CC(C(=O)O)C(c2nc(CC(C)C)no2)C1. The largest absolute Gasteiger partial charge is 0.481 e. The van der Waals surface area contributed by atoms with E-state index in [2.05, 4.69) is 30.9 Å². The molecular formula is C14H22N2O3. The summed E-state index contributed by atoms with van der Waals surface area (Å²) in [5.41, 5.74) is 0. The van der Waals surface area contributed by atoms with Crippen molar-refractivity contribution in [3.05, 3.63) is 11.7 Å². The van der Waals surface area contributed by atoms with Crippen LogP contribution in [0.3, 0.4) is 0 Å². The molecule has 1 saturated carbocycles. The van der Waals surface area contributed by atoms with Crippen molar-refractivity contribution in [1.29, 1.82) is 0 Å². The number of hydrogen-bond acceptors (Lipinski definition) is 4. The van der Waals surface area contributed by atoms with Gasteiger partial charge in [0.05, 0.1) is 11.8 Å². The molecule has 3 unspecified atom stereocenters. The van der Waals surface area contributed by atoms with Crippen LogP contribution in [0.15, 0.2) is 4.52 Å². The fraction of sp³-hybridized carbons (Fsp3) is 0.786. The fourth-order valence-electron chi connectivity index (χ4n) is 2.89. The Hall–Kier alpha value is -1.39. The zero-order valence-corrected chi connectivity index (χ0v) is 11.8. The Balaban J connectivity index is 2.14. The Kier molecular flexibility index (Phi) is 4.22. The second kappa shape index (κ2) is 5.72. The fourth-order valence-corrected chi connectivity index (χ4v) is 2.89. The maximum atomic E-state index is 11.3. The second-order valence-electron chi connectivity index (χ2n) is 5.94. The third-order valence-corrected chi connectivity index (χ3v) is 3.95. The van der Waals surface area contributed by atoms with E-state index in [1.54, 1.807) is 0 Å². The first-order chi connectivity index (χ1) is 9.01. The lowest BCUT2D eigenvalue weighted by Gasteiger charge is -2.10. The molecule has 2 rings (SSSR count). The van der Waals surface area contributed by atoms with E-state index in [0.29, 0.717) is 23.6 Å². The van der Waals surface area contributed by atoms with Gasteiger partial charge >= 0.3 is 5.97 Å². The first-order valence-corrected chi connectivity index (χ1v) is 7.06. The summed E-state index contributed by atoms with van der Waals surface area (Å²) in [6.07, 6.45) is 3.34. The normalized spacial score (nSPS) is 27.1. The molecule has 1 aromatic rings. The quantitative estimate of drug-likeness (QED) is 0.886. The number of aromatic nitrogens is 2. The van der Waals surface area contributed by atoms with Crippen LogP contribution in [0.5, 0.6) is 0 Å². The Morgan fingerprint density at radius 3 is 2.79 bits per heavy atom. The van der Waals surface area contributed by atoms with Gasteiger partial charge in [0.15, 0.2) is 5.82 Å². The Labute approximate surface area is 113 Å². The van der Waals surface area contributed by atoms with Crippen LogP contribution in [0.4, 0.5) is 0 Å². The number of rotatable bonds is 5. The standard InChI is InChI=1S/C14H22N2O3/c1-4-9-6-10(11(7-9)14(17)18)13-15-12(16-19-13)5-8(2)3/h8-11H,4-7H2,1-3H3,(H,17,18). The monoisotopic (exact) mass is 266 g/mol.